The van der Waals surface area contributed by atoms with Crippen molar-refractivity contribution < 1.29 is 17.7 Å². The molecule has 0 radical (unpaired) electrons. The summed E-state index contributed by atoms with van der Waals surface area (Å²) in [6.45, 7) is 0. The van der Waals surface area contributed by atoms with Gasteiger partial charge in [0, 0.05) is 106 Å². The normalized spacial score (nSPS) is 13.6. The molecule has 132 heavy (non-hydrogen) atoms. The van der Waals surface area contributed by atoms with Crippen LogP contribution in [0.4, 0.5) is 0 Å². The Balaban J connectivity index is 0.000000124. The smallest absolute Gasteiger partial charge is 0.143 e. The quantitative estimate of drug-likeness (QED) is 0.165. The molecule has 0 N–H and O–H groups in total. The molecule has 6 heterocycles. The highest BCUT2D eigenvalue weighted by Crippen LogP contribution is 2.68. The van der Waals surface area contributed by atoms with E-state index in [1.165, 1.54) is 222 Å². The average Bonchev–Trinajstić information content (AvgIpc) is 1.50. The first-order chi connectivity index (χ1) is 65.5. The van der Waals surface area contributed by atoms with Crippen LogP contribution in [0.5, 0.6) is 0 Å². The molecular weight excluding hydrogens is 1640 g/mol. The van der Waals surface area contributed by atoms with Crippen LogP contribution in [0.15, 0.2) is 430 Å². The zero-order chi connectivity index (χ0) is 85.7. The minimum absolute atomic E-state index is 0.424. The molecule has 0 unspecified atom stereocenters. The summed E-state index contributed by atoms with van der Waals surface area (Å²) in [7, 11) is 0. The zero-order valence-corrected chi connectivity index (χ0v) is 72.3. The predicted octanol–water partition coefficient (Wildman–Crippen LogP) is 35.7. The van der Waals surface area contributed by atoms with Gasteiger partial charge < -0.3 is 17.7 Å². The van der Waals surface area contributed by atoms with Crippen LogP contribution in [0.25, 0.3) is 260 Å². The number of benzene rings is 22. The summed E-state index contributed by atoms with van der Waals surface area (Å²) in [6, 6.07) is 152. The Morgan fingerprint density at radius 3 is 0.879 bits per heavy atom. The molecule has 4 nitrogen and oxygen atoms in total. The lowest BCUT2D eigenvalue weighted by Crippen LogP contribution is -2.25. The second-order valence-corrected chi connectivity index (χ2v) is 38.4. The van der Waals surface area contributed by atoms with E-state index < -0.39 is 10.8 Å². The molecule has 0 bridgehead atoms. The van der Waals surface area contributed by atoms with E-state index in [0.717, 1.165) is 82.9 Å². The molecule has 4 aliphatic rings. The topological polar surface area (TPSA) is 52.6 Å². The molecule has 2 spiro atoms. The number of hydrogen-bond donors (Lipinski definition) is 0. The van der Waals surface area contributed by atoms with Gasteiger partial charge in [-0.2, -0.15) is 0 Å². The first-order valence-electron chi connectivity index (χ1n) is 45.5. The van der Waals surface area contributed by atoms with E-state index in [1.807, 2.05) is 22.7 Å². The highest BCUT2D eigenvalue weighted by Gasteiger charge is 2.54. The van der Waals surface area contributed by atoms with Gasteiger partial charge in [0.2, 0.25) is 0 Å². The Kier molecular flexibility index (Phi) is 14.2. The Morgan fingerprint density at radius 2 is 0.455 bits per heavy atom. The van der Waals surface area contributed by atoms with Crippen molar-refractivity contribution in [1.82, 2.24) is 0 Å². The summed E-state index contributed by atoms with van der Waals surface area (Å²) in [6.07, 6.45) is 0. The average molecular weight is 1710 g/mol. The SMILES string of the molecule is c1ccc2c(c1)-c1ccccc1C21c2ccccc2-c2c1ccc1oc3c(-c4c5ccccc5c(-c5ccc6c(c5)oc5ccc7sc8ccccc8c7c56)c5ccccc45)cccc3c21.c1ccc2c(c1)-c1ccccc1C21c2ccccc2-c2c1ccc1oc3c(-c4c5ccccc5c(-c5ccc6oc7ccc8sc9ccccc9c8c7c6c5)c5ccccc45)cccc3c21. The molecular formula is C126H68O4S2. The summed E-state index contributed by atoms with van der Waals surface area (Å²) in [5, 5.41) is 23.9. The van der Waals surface area contributed by atoms with E-state index in [0.29, 0.717) is 0 Å². The number of fused-ring (bicyclic) bond motifs is 46. The van der Waals surface area contributed by atoms with Crippen molar-refractivity contribution in [2.75, 3.05) is 0 Å². The number of thiophene rings is 2. The van der Waals surface area contributed by atoms with Crippen molar-refractivity contribution in [1.29, 1.82) is 0 Å². The van der Waals surface area contributed by atoms with Crippen molar-refractivity contribution in [2.45, 2.75) is 10.8 Å². The third-order valence-corrected chi connectivity index (χ3v) is 32.4. The summed E-state index contributed by atoms with van der Waals surface area (Å²) in [5.41, 5.74) is 36.7. The monoisotopic (exact) mass is 1710 g/mol. The highest BCUT2D eigenvalue weighted by atomic mass is 32.1. The zero-order valence-electron chi connectivity index (χ0n) is 70.7. The molecule has 0 aliphatic heterocycles. The van der Waals surface area contributed by atoms with E-state index in [1.54, 1.807) is 0 Å². The van der Waals surface area contributed by atoms with Gasteiger partial charge in [0.1, 0.15) is 44.7 Å². The van der Waals surface area contributed by atoms with E-state index in [4.69, 9.17) is 17.7 Å². The molecule has 0 atom stereocenters. The largest absolute Gasteiger partial charge is 0.456 e. The minimum atomic E-state index is -0.425. The molecule has 28 aromatic rings. The van der Waals surface area contributed by atoms with Crippen molar-refractivity contribution >= 4 is 194 Å². The van der Waals surface area contributed by atoms with Gasteiger partial charge in [0.25, 0.3) is 0 Å². The first-order valence-corrected chi connectivity index (χ1v) is 47.1. The second kappa shape index (κ2) is 26.2. The van der Waals surface area contributed by atoms with Crippen molar-refractivity contribution in [3.8, 4) is 89.0 Å². The second-order valence-electron chi connectivity index (χ2n) is 36.2. The van der Waals surface area contributed by atoms with E-state index in [-0.39, 0.29) is 0 Å². The Bertz CT molecular complexity index is 9900. The lowest BCUT2D eigenvalue weighted by atomic mass is 9.70. The highest BCUT2D eigenvalue weighted by molar-refractivity contribution is 7.26. The lowest BCUT2D eigenvalue weighted by Gasteiger charge is -2.30. The van der Waals surface area contributed by atoms with Crippen LogP contribution in [0.1, 0.15) is 44.5 Å². The van der Waals surface area contributed by atoms with Crippen LogP contribution in [0.3, 0.4) is 0 Å². The van der Waals surface area contributed by atoms with Crippen molar-refractivity contribution in [3.05, 3.63) is 457 Å². The van der Waals surface area contributed by atoms with E-state index >= 15 is 0 Å². The van der Waals surface area contributed by atoms with Crippen LogP contribution in [-0.2, 0) is 10.8 Å². The van der Waals surface area contributed by atoms with E-state index in [2.05, 4.69) is 413 Å². The fourth-order valence-electron chi connectivity index (χ4n) is 25.3. The molecule has 0 saturated heterocycles. The number of rotatable bonds is 4. The summed E-state index contributed by atoms with van der Waals surface area (Å²) in [5.74, 6) is 0. The van der Waals surface area contributed by atoms with Crippen LogP contribution in [0, 0.1) is 0 Å². The third-order valence-electron chi connectivity index (χ3n) is 30.2. The standard InChI is InChI=1S/2C63H34O2S/c1-3-18-40-38(16-1)56(35-28-30-51-46(34-35)60-52(64-51)32-33-55-61(60)43-21-8-12-27-54(43)66-55)39-17-2-4-19-41(39)57(40)44-22-13-23-45-59-53(65-62(44)45)31-29-50-58(59)42-20-7-11-26-49(42)63(50)47-24-9-5-14-36(47)37-15-6-10-25-48(37)63;1-3-18-40-38(16-1)56(35-28-29-43-53(34-35)64-51-32-33-55-61(59(43)51)44-21-8-12-27-54(44)66-55)39-17-2-4-19-41(39)57(40)45-22-13-23-46-60-52(65-62(45)46)31-30-50-58(60)42-20-7-11-26-49(42)63(50)47-24-9-5-14-36(47)37-15-6-10-25-48(37)63/h2*1-34H. The van der Waals surface area contributed by atoms with Gasteiger partial charge in [-0.3, -0.25) is 0 Å². The van der Waals surface area contributed by atoms with Crippen LogP contribution < -0.4 is 0 Å². The van der Waals surface area contributed by atoms with Gasteiger partial charge in [0.05, 0.1) is 10.8 Å². The Morgan fingerprint density at radius 1 is 0.152 bits per heavy atom. The Hall–Kier alpha value is -16.5. The summed E-state index contributed by atoms with van der Waals surface area (Å²) in [4.78, 5) is 0. The maximum Gasteiger partial charge on any atom is 0.143 e. The summed E-state index contributed by atoms with van der Waals surface area (Å²) < 4.78 is 32.9. The molecule has 0 fully saturated rings. The van der Waals surface area contributed by atoms with E-state index in [9.17, 15) is 0 Å². The van der Waals surface area contributed by atoms with Crippen molar-refractivity contribution in [3.63, 3.8) is 0 Å². The number of furan rings is 4. The molecule has 22 aromatic carbocycles. The molecule has 6 aromatic heterocycles. The summed E-state index contributed by atoms with van der Waals surface area (Å²) >= 11 is 3.69. The Labute approximate surface area is 762 Å². The van der Waals surface area contributed by atoms with Gasteiger partial charge in [-0.25, -0.2) is 0 Å². The predicted molar refractivity (Wildman–Crippen MR) is 552 cm³/mol. The van der Waals surface area contributed by atoms with Gasteiger partial charge >= 0.3 is 0 Å². The van der Waals surface area contributed by atoms with Crippen molar-refractivity contribution in [2.24, 2.45) is 0 Å². The molecule has 0 amide bonds. The number of para-hydroxylation sites is 2. The lowest BCUT2D eigenvalue weighted by molar-refractivity contribution is 0.669. The molecule has 6 heteroatoms. The van der Waals surface area contributed by atoms with Crippen LogP contribution in [0.2, 0.25) is 0 Å². The van der Waals surface area contributed by atoms with Crippen LogP contribution in [-0.4, -0.2) is 0 Å². The third kappa shape index (κ3) is 9.10. The number of hydrogen-bond acceptors (Lipinski definition) is 6. The van der Waals surface area contributed by atoms with Gasteiger partial charge in [-0.05, 0) is 227 Å². The fraction of sp³-hybridized carbons (Fsp3) is 0.0159. The van der Waals surface area contributed by atoms with Gasteiger partial charge in [-0.1, -0.05) is 340 Å². The maximum absolute atomic E-state index is 7.21. The first kappa shape index (κ1) is 71.5. The molecule has 608 valence electrons. The molecule has 32 rings (SSSR count). The molecule has 4 aliphatic carbocycles. The van der Waals surface area contributed by atoms with Crippen LogP contribution >= 0.6 is 22.7 Å². The molecule has 0 saturated carbocycles. The van der Waals surface area contributed by atoms with Gasteiger partial charge in [0.15, 0.2) is 0 Å². The van der Waals surface area contributed by atoms with Gasteiger partial charge in [-0.15, -0.1) is 22.7 Å². The minimum Gasteiger partial charge on any atom is -0.456 e. The fourth-order valence-corrected chi connectivity index (χ4v) is 27.5. The maximum atomic E-state index is 7.21.